The molecule has 0 unspecified atom stereocenters. The lowest BCUT2D eigenvalue weighted by molar-refractivity contribution is -0.125. The lowest BCUT2D eigenvalue weighted by atomic mass is 9.97. The molecule has 1 amide bonds. The zero-order valence-electron chi connectivity index (χ0n) is 11.0. The van der Waals surface area contributed by atoms with Gasteiger partial charge in [0.25, 0.3) is 0 Å². The van der Waals surface area contributed by atoms with E-state index in [0.29, 0.717) is 11.6 Å². The summed E-state index contributed by atoms with van der Waals surface area (Å²) in [5.74, 6) is -0.0635. The van der Waals surface area contributed by atoms with Crippen LogP contribution in [0.3, 0.4) is 0 Å². The van der Waals surface area contributed by atoms with Crippen LogP contribution >= 0.6 is 11.6 Å². The van der Waals surface area contributed by atoms with E-state index in [0.717, 1.165) is 37.7 Å². The van der Waals surface area contributed by atoms with Gasteiger partial charge in [0.2, 0.25) is 5.91 Å². The second-order valence-corrected chi connectivity index (χ2v) is 5.77. The number of halogens is 1. The third kappa shape index (κ3) is 4.51. The molecule has 1 aromatic rings. The molecule has 0 radical (unpaired) electrons. The van der Waals surface area contributed by atoms with Gasteiger partial charge in [-0.3, -0.25) is 4.79 Å². The molecule has 1 fully saturated rings. The monoisotopic (exact) mass is 281 g/mol. The Labute approximate surface area is 119 Å². The minimum atomic E-state index is -0.764. The van der Waals surface area contributed by atoms with Gasteiger partial charge in [-0.05, 0) is 37.0 Å². The van der Waals surface area contributed by atoms with Crippen molar-refractivity contribution in [3.63, 3.8) is 0 Å². The number of benzene rings is 1. The lowest BCUT2D eigenvalue weighted by Crippen LogP contribution is -2.35. The second-order valence-electron chi connectivity index (χ2n) is 5.34. The van der Waals surface area contributed by atoms with Crippen molar-refractivity contribution < 1.29 is 9.90 Å². The van der Waals surface area contributed by atoms with Crippen LogP contribution in [0.2, 0.25) is 5.02 Å². The smallest absolute Gasteiger partial charge is 0.222 e. The summed E-state index contributed by atoms with van der Waals surface area (Å²) in [6.07, 6.45) is 4.51. The van der Waals surface area contributed by atoms with Crippen molar-refractivity contribution in [2.75, 3.05) is 6.54 Å². The van der Waals surface area contributed by atoms with Crippen LogP contribution in [0.4, 0.5) is 0 Å². The van der Waals surface area contributed by atoms with E-state index in [4.69, 9.17) is 11.6 Å². The molecule has 0 bridgehead atoms. The Balaban J connectivity index is 1.72. The Morgan fingerprint density at radius 2 is 2.11 bits per heavy atom. The Morgan fingerprint density at radius 3 is 2.79 bits per heavy atom. The average molecular weight is 282 g/mol. The highest BCUT2D eigenvalue weighted by Crippen LogP contribution is 2.32. The largest absolute Gasteiger partial charge is 0.389 e. The van der Waals surface area contributed by atoms with Crippen molar-refractivity contribution >= 4 is 17.5 Å². The molecule has 2 N–H and O–H groups in total. The van der Waals surface area contributed by atoms with E-state index in [-0.39, 0.29) is 12.3 Å². The van der Waals surface area contributed by atoms with Crippen molar-refractivity contribution in [3.8, 4) is 0 Å². The SMILES string of the molecule is O=C(CC1(O)CCCC1)NCCc1cccc(Cl)c1. The highest BCUT2D eigenvalue weighted by Gasteiger charge is 2.33. The van der Waals surface area contributed by atoms with Gasteiger partial charge in [0, 0.05) is 11.6 Å². The number of hydrogen-bond donors (Lipinski definition) is 2. The fourth-order valence-electron chi connectivity index (χ4n) is 2.61. The molecule has 2 rings (SSSR count). The summed E-state index contributed by atoms with van der Waals surface area (Å²) < 4.78 is 0. The third-order valence-electron chi connectivity index (χ3n) is 3.65. The first-order valence-corrected chi connectivity index (χ1v) is 7.19. The quantitative estimate of drug-likeness (QED) is 0.872. The van der Waals surface area contributed by atoms with Crippen molar-refractivity contribution in [2.24, 2.45) is 0 Å². The summed E-state index contributed by atoms with van der Waals surface area (Å²) in [5, 5.41) is 13.7. The van der Waals surface area contributed by atoms with Gasteiger partial charge < -0.3 is 10.4 Å². The number of carbonyl (C=O) groups excluding carboxylic acids is 1. The van der Waals surface area contributed by atoms with Crippen LogP contribution in [0.25, 0.3) is 0 Å². The summed E-state index contributed by atoms with van der Waals surface area (Å²) in [6.45, 7) is 0.579. The first-order valence-electron chi connectivity index (χ1n) is 6.81. The van der Waals surface area contributed by atoms with Crippen LogP contribution in [0.5, 0.6) is 0 Å². The number of amides is 1. The number of rotatable bonds is 5. The molecule has 1 aromatic carbocycles. The van der Waals surface area contributed by atoms with Crippen molar-refractivity contribution in [2.45, 2.75) is 44.1 Å². The molecule has 19 heavy (non-hydrogen) atoms. The Morgan fingerprint density at radius 1 is 1.37 bits per heavy atom. The van der Waals surface area contributed by atoms with Crippen molar-refractivity contribution in [1.82, 2.24) is 5.32 Å². The van der Waals surface area contributed by atoms with E-state index in [2.05, 4.69) is 5.32 Å². The maximum absolute atomic E-state index is 11.8. The highest BCUT2D eigenvalue weighted by molar-refractivity contribution is 6.30. The van der Waals surface area contributed by atoms with E-state index in [1.54, 1.807) is 0 Å². The maximum Gasteiger partial charge on any atom is 0.222 e. The van der Waals surface area contributed by atoms with E-state index < -0.39 is 5.60 Å². The molecule has 1 aliphatic rings. The van der Waals surface area contributed by atoms with Gasteiger partial charge in [0.15, 0.2) is 0 Å². The molecule has 0 heterocycles. The minimum Gasteiger partial charge on any atom is -0.389 e. The summed E-state index contributed by atoms with van der Waals surface area (Å²) in [5.41, 5.74) is 0.340. The molecule has 104 valence electrons. The Hall–Kier alpha value is -1.06. The molecule has 4 heteroatoms. The van der Waals surface area contributed by atoms with Gasteiger partial charge in [-0.25, -0.2) is 0 Å². The second kappa shape index (κ2) is 6.40. The fraction of sp³-hybridized carbons (Fsp3) is 0.533. The van der Waals surface area contributed by atoms with Gasteiger partial charge in [0.05, 0.1) is 12.0 Å². The molecule has 0 spiro atoms. The van der Waals surface area contributed by atoms with Crippen molar-refractivity contribution in [1.29, 1.82) is 0 Å². The topological polar surface area (TPSA) is 49.3 Å². The van der Waals surface area contributed by atoms with Crippen LogP contribution in [-0.2, 0) is 11.2 Å². The van der Waals surface area contributed by atoms with Crippen LogP contribution in [0.15, 0.2) is 24.3 Å². The first-order chi connectivity index (χ1) is 9.07. The fourth-order valence-corrected chi connectivity index (χ4v) is 2.82. The molecule has 1 saturated carbocycles. The van der Waals surface area contributed by atoms with E-state index in [9.17, 15) is 9.90 Å². The summed E-state index contributed by atoms with van der Waals surface area (Å²) in [4.78, 5) is 11.8. The zero-order valence-corrected chi connectivity index (χ0v) is 11.7. The van der Waals surface area contributed by atoms with Gasteiger partial charge in [-0.2, -0.15) is 0 Å². The van der Waals surface area contributed by atoms with Crippen LogP contribution < -0.4 is 5.32 Å². The lowest BCUT2D eigenvalue weighted by Gasteiger charge is -2.21. The van der Waals surface area contributed by atoms with Crippen LogP contribution in [0, 0.1) is 0 Å². The van der Waals surface area contributed by atoms with Gasteiger partial charge in [-0.15, -0.1) is 0 Å². The van der Waals surface area contributed by atoms with Gasteiger partial charge >= 0.3 is 0 Å². The molecule has 0 aliphatic heterocycles. The van der Waals surface area contributed by atoms with E-state index in [1.807, 2.05) is 24.3 Å². The molecule has 1 aliphatic carbocycles. The molecule has 3 nitrogen and oxygen atoms in total. The van der Waals surface area contributed by atoms with E-state index >= 15 is 0 Å². The number of hydrogen-bond acceptors (Lipinski definition) is 2. The van der Waals surface area contributed by atoms with Crippen molar-refractivity contribution in [3.05, 3.63) is 34.9 Å². The standard InChI is InChI=1S/C15H20ClNO2/c16-13-5-3-4-12(10-13)6-9-17-14(18)11-15(19)7-1-2-8-15/h3-5,10,19H,1-2,6-9,11H2,(H,17,18). The number of aliphatic hydroxyl groups is 1. The molecular weight excluding hydrogens is 262 g/mol. The normalized spacial score (nSPS) is 17.4. The van der Waals surface area contributed by atoms with Gasteiger partial charge in [-0.1, -0.05) is 36.6 Å². The predicted octanol–water partition coefficient (Wildman–Crippen LogP) is 2.69. The molecule has 0 atom stereocenters. The average Bonchev–Trinajstić information content (AvgIpc) is 2.75. The molecular formula is C15H20ClNO2. The summed E-state index contributed by atoms with van der Waals surface area (Å²) in [7, 11) is 0. The Bertz CT molecular complexity index is 442. The Kier molecular flexibility index (Phi) is 4.83. The first kappa shape index (κ1) is 14.4. The van der Waals surface area contributed by atoms with E-state index in [1.165, 1.54) is 0 Å². The minimum absolute atomic E-state index is 0.0635. The van der Waals surface area contributed by atoms with Crippen LogP contribution in [-0.4, -0.2) is 23.2 Å². The molecule has 0 saturated heterocycles. The van der Waals surface area contributed by atoms with Crippen LogP contribution in [0.1, 0.15) is 37.7 Å². The third-order valence-corrected chi connectivity index (χ3v) is 3.88. The number of nitrogens with one attached hydrogen (secondary N) is 1. The summed E-state index contributed by atoms with van der Waals surface area (Å²) in [6, 6.07) is 7.63. The zero-order chi connectivity index (χ0) is 13.7. The number of carbonyl (C=O) groups is 1. The molecule has 0 aromatic heterocycles. The highest BCUT2D eigenvalue weighted by atomic mass is 35.5. The maximum atomic E-state index is 11.8. The van der Waals surface area contributed by atoms with Gasteiger partial charge in [0.1, 0.15) is 0 Å². The summed E-state index contributed by atoms with van der Waals surface area (Å²) >= 11 is 5.90. The predicted molar refractivity (Wildman–Crippen MR) is 76.2 cm³/mol.